The Balaban J connectivity index is 1.32. The van der Waals surface area contributed by atoms with Crippen LogP contribution in [0, 0.1) is 0 Å². The second-order valence-corrected chi connectivity index (χ2v) is 6.74. The molecular formula is C18H29N3O. The first-order chi connectivity index (χ1) is 10.8. The van der Waals surface area contributed by atoms with Gasteiger partial charge in [0, 0.05) is 25.3 Å². The van der Waals surface area contributed by atoms with Gasteiger partial charge in [-0.25, -0.2) is 0 Å². The zero-order valence-electron chi connectivity index (χ0n) is 13.8. The molecule has 4 heteroatoms. The third-order valence-corrected chi connectivity index (χ3v) is 5.18. The van der Waals surface area contributed by atoms with Crippen LogP contribution in [0.25, 0.3) is 0 Å². The molecule has 0 aromatic carbocycles. The second kappa shape index (κ2) is 8.04. The van der Waals surface area contributed by atoms with Crippen molar-refractivity contribution >= 4 is 0 Å². The number of pyridine rings is 1. The lowest BCUT2D eigenvalue weighted by Gasteiger charge is -2.33. The van der Waals surface area contributed by atoms with Crippen LogP contribution in [-0.4, -0.2) is 60.2 Å². The van der Waals surface area contributed by atoms with Gasteiger partial charge in [0.05, 0.1) is 18.4 Å². The van der Waals surface area contributed by atoms with Crippen molar-refractivity contribution in [2.75, 3.05) is 33.2 Å². The molecule has 4 nitrogen and oxygen atoms in total. The molecule has 0 bridgehead atoms. The topological polar surface area (TPSA) is 28.6 Å². The highest BCUT2D eigenvalue weighted by molar-refractivity contribution is 5.02. The molecule has 2 aliphatic rings. The predicted octanol–water partition coefficient (Wildman–Crippen LogP) is 2.55. The monoisotopic (exact) mass is 303 g/mol. The first kappa shape index (κ1) is 15.9. The fraction of sp³-hybridized carbons (Fsp3) is 0.722. The third kappa shape index (κ3) is 4.51. The number of nitrogens with zero attached hydrogens (tertiary/aromatic N) is 3. The van der Waals surface area contributed by atoms with Gasteiger partial charge in [-0.15, -0.1) is 0 Å². The third-order valence-electron chi connectivity index (χ3n) is 5.18. The van der Waals surface area contributed by atoms with E-state index < -0.39 is 0 Å². The average molecular weight is 303 g/mol. The Morgan fingerprint density at radius 1 is 1.18 bits per heavy atom. The SMILES string of the molecule is CN1CCC[C@@H]1CCN1CCC(OCc2ccccn2)CC1. The van der Waals surface area contributed by atoms with Gasteiger partial charge in [-0.1, -0.05) is 6.07 Å². The van der Waals surface area contributed by atoms with Crippen LogP contribution in [-0.2, 0) is 11.3 Å². The van der Waals surface area contributed by atoms with Gasteiger partial charge in [0.1, 0.15) is 0 Å². The molecular weight excluding hydrogens is 274 g/mol. The molecule has 0 aliphatic carbocycles. The van der Waals surface area contributed by atoms with Gasteiger partial charge in [-0.3, -0.25) is 4.98 Å². The summed E-state index contributed by atoms with van der Waals surface area (Å²) in [5.41, 5.74) is 1.04. The van der Waals surface area contributed by atoms with Crippen LogP contribution < -0.4 is 0 Å². The minimum absolute atomic E-state index is 0.410. The van der Waals surface area contributed by atoms with Crippen LogP contribution >= 0.6 is 0 Å². The lowest BCUT2D eigenvalue weighted by atomic mass is 10.1. The predicted molar refractivity (Wildman–Crippen MR) is 88.8 cm³/mol. The first-order valence-corrected chi connectivity index (χ1v) is 8.75. The lowest BCUT2D eigenvalue weighted by molar-refractivity contribution is -0.00466. The maximum absolute atomic E-state index is 6.01. The van der Waals surface area contributed by atoms with E-state index in [-0.39, 0.29) is 0 Å². The summed E-state index contributed by atoms with van der Waals surface area (Å²) in [6, 6.07) is 6.82. The molecule has 2 aliphatic heterocycles. The lowest BCUT2D eigenvalue weighted by Crippen LogP contribution is -2.39. The van der Waals surface area contributed by atoms with E-state index >= 15 is 0 Å². The molecule has 3 rings (SSSR count). The minimum atomic E-state index is 0.410. The highest BCUT2D eigenvalue weighted by Gasteiger charge is 2.23. The van der Waals surface area contributed by atoms with Crippen LogP contribution in [0.1, 0.15) is 37.8 Å². The van der Waals surface area contributed by atoms with Crippen molar-refractivity contribution in [3.8, 4) is 0 Å². The Morgan fingerprint density at radius 3 is 2.73 bits per heavy atom. The van der Waals surface area contributed by atoms with Crippen molar-refractivity contribution in [1.82, 2.24) is 14.8 Å². The molecule has 0 saturated carbocycles. The summed E-state index contributed by atoms with van der Waals surface area (Å²) in [5, 5.41) is 0. The average Bonchev–Trinajstić information content (AvgIpc) is 2.98. The van der Waals surface area contributed by atoms with Crippen LogP contribution in [0.15, 0.2) is 24.4 Å². The van der Waals surface area contributed by atoms with Crippen molar-refractivity contribution in [3.63, 3.8) is 0 Å². The van der Waals surface area contributed by atoms with Crippen molar-refractivity contribution < 1.29 is 4.74 Å². The molecule has 1 aromatic rings. The number of hydrogen-bond donors (Lipinski definition) is 0. The molecule has 0 unspecified atom stereocenters. The van der Waals surface area contributed by atoms with Gasteiger partial charge >= 0.3 is 0 Å². The Labute approximate surface area is 134 Å². The van der Waals surface area contributed by atoms with Crippen molar-refractivity contribution in [2.24, 2.45) is 0 Å². The van der Waals surface area contributed by atoms with E-state index in [4.69, 9.17) is 4.74 Å². The molecule has 0 radical (unpaired) electrons. The summed E-state index contributed by atoms with van der Waals surface area (Å²) in [5.74, 6) is 0. The quantitative estimate of drug-likeness (QED) is 0.807. The number of rotatable bonds is 6. The summed E-state index contributed by atoms with van der Waals surface area (Å²) < 4.78 is 6.01. The highest BCUT2D eigenvalue weighted by Crippen LogP contribution is 2.20. The van der Waals surface area contributed by atoms with Gasteiger partial charge in [-0.05, 0) is 64.4 Å². The Bertz CT molecular complexity index is 431. The Hall–Kier alpha value is -0.970. The smallest absolute Gasteiger partial charge is 0.0891 e. The van der Waals surface area contributed by atoms with E-state index in [0.29, 0.717) is 12.7 Å². The molecule has 22 heavy (non-hydrogen) atoms. The van der Waals surface area contributed by atoms with E-state index in [1.54, 1.807) is 0 Å². The van der Waals surface area contributed by atoms with E-state index in [2.05, 4.69) is 21.8 Å². The standard InChI is InChI=1S/C18H29N3O/c1-20-11-4-6-17(20)7-12-21-13-8-18(9-14-21)22-15-16-5-2-3-10-19-16/h2-3,5,10,17-18H,4,6-9,11-15H2,1H3/t17-/m1/s1. The normalized spacial score (nSPS) is 24.9. The van der Waals surface area contributed by atoms with Gasteiger partial charge < -0.3 is 14.5 Å². The second-order valence-electron chi connectivity index (χ2n) is 6.74. The largest absolute Gasteiger partial charge is 0.372 e. The summed E-state index contributed by atoms with van der Waals surface area (Å²) in [6.07, 6.45) is 8.66. The Kier molecular flexibility index (Phi) is 5.82. The molecule has 0 spiro atoms. The zero-order chi connectivity index (χ0) is 15.2. The molecule has 1 aromatic heterocycles. The number of aromatic nitrogens is 1. The molecule has 0 N–H and O–H groups in total. The maximum atomic E-state index is 6.01. The van der Waals surface area contributed by atoms with Gasteiger partial charge in [0.2, 0.25) is 0 Å². The molecule has 3 heterocycles. The number of hydrogen-bond acceptors (Lipinski definition) is 4. The van der Waals surface area contributed by atoms with Crippen molar-refractivity contribution in [3.05, 3.63) is 30.1 Å². The molecule has 1 atom stereocenters. The fourth-order valence-electron chi connectivity index (χ4n) is 3.66. The van der Waals surface area contributed by atoms with Gasteiger partial charge in [-0.2, -0.15) is 0 Å². The Morgan fingerprint density at radius 2 is 2.05 bits per heavy atom. The van der Waals surface area contributed by atoms with E-state index in [0.717, 1.165) is 24.6 Å². The van der Waals surface area contributed by atoms with Crippen LogP contribution in [0.2, 0.25) is 0 Å². The van der Waals surface area contributed by atoms with Crippen molar-refractivity contribution in [2.45, 2.75) is 50.9 Å². The zero-order valence-corrected chi connectivity index (χ0v) is 13.8. The van der Waals surface area contributed by atoms with Crippen LogP contribution in [0.5, 0.6) is 0 Å². The summed E-state index contributed by atoms with van der Waals surface area (Å²) >= 11 is 0. The van der Waals surface area contributed by atoms with Gasteiger partial charge in [0.25, 0.3) is 0 Å². The summed E-state index contributed by atoms with van der Waals surface area (Å²) in [7, 11) is 2.27. The van der Waals surface area contributed by atoms with E-state index in [9.17, 15) is 0 Å². The maximum Gasteiger partial charge on any atom is 0.0891 e. The van der Waals surface area contributed by atoms with Crippen LogP contribution in [0.3, 0.4) is 0 Å². The molecule has 2 fully saturated rings. The number of ether oxygens (including phenoxy) is 1. The highest BCUT2D eigenvalue weighted by atomic mass is 16.5. The fourth-order valence-corrected chi connectivity index (χ4v) is 3.66. The van der Waals surface area contributed by atoms with Crippen molar-refractivity contribution in [1.29, 1.82) is 0 Å². The summed E-state index contributed by atoms with van der Waals surface area (Å²) in [4.78, 5) is 9.47. The van der Waals surface area contributed by atoms with Gasteiger partial charge in [0.15, 0.2) is 0 Å². The molecule has 0 amide bonds. The van der Waals surface area contributed by atoms with E-state index in [1.807, 2.05) is 24.4 Å². The summed E-state index contributed by atoms with van der Waals surface area (Å²) in [6.45, 7) is 5.56. The number of piperidine rings is 1. The minimum Gasteiger partial charge on any atom is -0.372 e. The number of likely N-dealkylation sites (tertiary alicyclic amines) is 2. The van der Waals surface area contributed by atoms with Crippen LogP contribution in [0.4, 0.5) is 0 Å². The van der Waals surface area contributed by atoms with E-state index in [1.165, 1.54) is 45.4 Å². The molecule has 122 valence electrons. The molecule has 2 saturated heterocycles. The first-order valence-electron chi connectivity index (χ1n) is 8.75.